The number of halogens is 3. The van der Waals surface area contributed by atoms with Gasteiger partial charge in [-0.05, 0) is 39.0 Å². The van der Waals surface area contributed by atoms with Crippen LogP contribution in [0.3, 0.4) is 0 Å². The summed E-state index contributed by atoms with van der Waals surface area (Å²) in [4.78, 5) is 22.7. The third-order valence-corrected chi connectivity index (χ3v) is 2.58. The summed E-state index contributed by atoms with van der Waals surface area (Å²) < 4.78 is 38.1. The molecule has 0 bridgehead atoms. The topological polar surface area (TPSA) is 60.4 Å². The molecule has 1 aromatic carbocycles. The van der Waals surface area contributed by atoms with Crippen LogP contribution in [0, 0.1) is 0 Å². The summed E-state index contributed by atoms with van der Waals surface area (Å²) in [6.45, 7) is 4.45. The number of alkyl halides is 3. The predicted octanol–water partition coefficient (Wildman–Crippen LogP) is 2.47. The number of rotatable bonds is 2. The maximum atomic E-state index is 12.7. The molecule has 0 aliphatic rings. The molecule has 0 spiro atoms. The molecule has 0 aliphatic heterocycles. The van der Waals surface area contributed by atoms with Crippen molar-refractivity contribution in [2.24, 2.45) is 0 Å². The fraction of sp³-hybridized carbons (Fsp3) is 0.385. The Balaban J connectivity index is 3.54. The number of carbonyl (C=O) groups excluding carboxylic acids is 2. The normalized spacial score (nSPS) is 12.1. The molecular weight excluding hydrogens is 275 g/mol. The van der Waals surface area contributed by atoms with E-state index < -0.39 is 23.4 Å². The van der Waals surface area contributed by atoms with Crippen LogP contribution in [0.4, 0.5) is 23.7 Å². The second-order valence-corrected chi connectivity index (χ2v) is 5.16. The van der Waals surface area contributed by atoms with Crippen molar-refractivity contribution in [2.75, 3.05) is 4.90 Å². The minimum absolute atomic E-state index is 0.155. The van der Waals surface area contributed by atoms with Gasteiger partial charge in [-0.1, -0.05) is 0 Å². The number of aldehydes is 1. The van der Waals surface area contributed by atoms with Crippen LogP contribution in [0.5, 0.6) is 0 Å². The molecule has 0 N–H and O–H groups in total. The van der Waals surface area contributed by atoms with E-state index >= 15 is 0 Å². The second kappa shape index (κ2) is 5.15. The highest BCUT2D eigenvalue weighted by atomic mass is 19.4. The molecule has 0 radical (unpaired) electrons. The highest BCUT2D eigenvalue weighted by molar-refractivity contribution is 5.94. The van der Waals surface area contributed by atoms with Crippen molar-refractivity contribution >= 4 is 18.1 Å². The van der Waals surface area contributed by atoms with Gasteiger partial charge in [-0.15, -0.1) is 0 Å². The Morgan fingerprint density at radius 3 is 2.15 bits per heavy atom. The van der Waals surface area contributed by atoms with Gasteiger partial charge in [0.15, 0.2) is 6.29 Å². The van der Waals surface area contributed by atoms with E-state index in [-0.39, 0.29) is 11.3 Å². The number of hydrogen-bond acceptors (Lipinski definition) is 3. The Hall–Kier alpha value is -2.05. The molecule has 0 saturated heterocycles. The number of carbonyl (C=O) groups is 2. The Morgan fingerprint density at radius 2 is 1.80 bits per heavy atom. The summed E-state index contributed by atoms with van der Waals surface area (Å²) in [7, 11) is 0. The minimum Gasteiger partial charge on any atom is -0.530 e. The fourth-order valence-corrected chi connectivity index (χ4v) is 1.75. The lowest BCUT2D eigenvalue weighted by Gasteiger charge is -2.38. The zero-order chi connectivity index (χ0) is 15.7. The molecule has 0 aromatic heterocycles. The van der Waals surface area contributed by atoms with Gasteiger partial charge in [0.25, 0.3) is 0 Å². The Kier molecular flexibility index (Phi) is 4.12. The number of anilines is 1. The quantitative estimate of drug-likeness (QED) is 0.785. The van der Waals surface area contributed by atoms with Gasteiger partial charge >= 0.3 is 6.18 Å². The third kappa shape index (κ3) is 3.28. The first-order valence-corrected chi connectivity index (χ1v) is 5.66. The van der Waals surface area contributed by atoms with Gasteiger partial charge < -0.3 is 14.8 Å². The van der Waals surface area contributed by atoms with Gasteiger partial charge in [0.2, 0.25) is 0 Å². The first-order valence-electron chi connectivity index (χ1n) is 5.66. The Morgan fingerprint density at radius 1 is 1.25 bits per heavy atom. The van der Waals surface area contributed by atoms with Gasteiger partial charge in [-0.3, -0.25) is 4.79 Å². The minimum atomic E-state index is -4.63. The number of carboxylic acid groups (broad SMARTS) is 1. The molecule has 0 atom stereocenters. The molecule has 4 nitrogen and oxygen atoms in total. The molecule has 0 fully saturated rings. The average Bonchev–Trinajstić information content (AvgIpc) is 2.25. The molecule has 7 heteroatoms. The number of benzene rings is 1. The van der Waals surface area contributed by atoms with Crippen molar-refractivity contribution in [1.82, 2.24) is 0 Å². The van der Waals surface area contributed by atoms with Crippen LogP contribution in [0.25, 0.3) is 0 Å². The Bertz CT molecular complexity index is 533. The first-order chi connectivity index (χ1) is 8.98. The van der Waals surface area contributed by atoms with Crippen molar-refractivity contribution in [3.05, 3.63) is 29.3 Å². The maximum absolute atomic E-state index is 12.7. The van der Waals surface area contributed by atoms with E-state index in [9.17, 15) is 27.9 Å². The number of hydrogen-bond donors (Lipinski definition) is 0. The summed E-state index contributed by atoms with van der Waals surface area (Å²) in [5, 5.41) is 11.2. The van der Waals surface area contributed by atoms with Gasteiger partial charge in [0.1, 0.15) is 6.09 Å². The van der Waals surface area contributed by atoms with E-state index in [1.54, 1.807) is 0 Å². The van der Waals surface area contributed by atoms with Crippen LogP contribution in [0.2, 0.25) is 0 Å². The zero-order valence-electron chi connectivity index (χ0n) is 11.1. The SMILES string of the molecule is CC(C)(C)N(C(=O)[O-])c1cc(C(F)(F)F)ccc1C=O. The number of nitrogens with zero attached hydrogens (tertiary/aromatic N) is 1. The van der Waals surface area contributed by atoms with Crippen LogP contribution in [-0.2, 0) is 6.18 Å². The summed E-state index contributed by atoms with van der Waals surface area (Å²) in [6.07, 6.45) is -6.01. The second-order valence-electron chi connectivity index (χ2n) is 5.16. The van der Waals surface area contributed by atoms with Crippen LogP contribution >= 0.6 is 0 Å². The molecule has 1 amide bonds. The predicted molar refractivity (Wildman–Crippen MR) is 64.5 cm³/mol. The standard InChI is InChI=1S/C13H14F3NO3/c1-12(2,3)17(11(19)20)10-6-9(13(14,15)16)5-4-8(10)7-18/h4-7H,1-3H3,(H,19,20)/p-1. The summed E-state index contributed by atoms with van der Waals surface area (Å²) in [6, 6.07) is 2.29. The number of amides is 1. The maximum Gasteiger partial charge on any atom is 0.416 e. The highest BCUT2D eigenvalue weighted by Crippen LogP contribution is 2.35. The molecule has 0 unspecified atom stereocenters. The first kappa shape index (κ1) is 16.0. The lowest BCUT2D eigenvalue weighted by Crippen LogP contribution is -2.52. The van der Waals surface area contributed by atoms with E-state index in [0.717, 1.165) is 12.1 Å². The van der Waals surface area contributed by atoms with Gasteiger partial charge in [-0.2, -0.15) is 13.2 Å². The molecule has 110 valence electrons. The molecule has 0 heterocycles. The summed E-state index contributed by atoms with van der Waals surface area (Å²) in [5.74, 6) is 0. The fourth-order valence-electron chi connectivity index (χ4n) is 1.75. The van der Waals surface area contributed by atoms with Gasteiger partial charge in [0.05, 0.1) is 11.3 Å². The van der Waals surface area contributed by atoms with Crippen LogP contribution in [0.15, 0.2) is 18.2 Å². The highest BCUT2D eigenvalue weighted by Gasteiger charge is 2.33. The molecule has 0 aliphatic carbocycles. The van der Waals surface area contributed by atoms with Crippen molar-refractivity contribution in [1.29, 1.82) is 0 Å². The Labute approximate surface area is 113 Å². The van der Waals surface area contributed by atoms with E-state index in [2.05, 4.69) is 0 Å². The molecular formula is C13H13F3NO3-. The van der Waals surface area contributed by atoms with E-state index in [0.29, 0.717) is 17.3 Å². The molecule has 1 rings (SSSR count). The average molecular weight is 288 g/mol. The molecule has 1 aromatic rings. The van der Waals surface area contributed by atoms with Gasteiger partial charge in [0, 0.05) is 11.1 Å². The van der Waals surface area contributed by atoms with Crippen molar-refractivity contribution in [3.8, 4) is 0 Å². The third-order valence-electron chi connectivity index (χ3n) is 2.58. The van der Waals surface area contributed by atoms with Crippen LogP contribution < -0.4 is 10.0 Å². The zero-order valence-corrected chi connectivity index (χ0v) is 11.1. The molecule has 20 heavy (non-hydrogen) atoms. The summed E-state index contributed by atoms with van der Waals surface area (Å²) in [5.41, 5.74) is -2.59. The molecule has 0 saturated carbocycles. The van der Waals surface area contributed by atoms with Crippen LogP contribution in [0.1, 0.15) is 36.7 Å². The van der Waals surface area contributed by atoms with E-state index in [1.807, 2.05) is 0 Å². The summed E-state index contributed by atoms with van der Waals surface area (Å²) >= 11 is 0. The lowest BCUT2D eigenvalue weighted by atomic mass is 10.0. The monoisotopic (exact) mass is 288 g/mol. The van der Waals surface area contributed by atoms with Gasteiger partial charge in [-0.25, -0.2) is 0 Å². The van der Waals surface area contributed by atoms with E-state index in [4.69, 9.17) is 0 Å². The lowest BCUT2D eigenvalue weighted by molar-refractivity contribution is -0.247. The smallest absolute Gasteiger partial charge is 0.416 e. The van der Waals surface area contributed by atoms with Crippen LogP contribution in [-0.4, -0.2) is 17.9 Å². The van der Waals surface area contributed by atoms with Crippen molar-refractivity contribution < 1.29 is 27.9 Å². The largest absolute Gasteiger partial charge is 0.530 e. The van der Waals surface area contributed by atoms with Crippen molar-refractivity contribution in [3.63, 3.8) is 0 Å². The van der Waals surface area contributed by atoms with Crippen molar-refractivity contribution in [2.45, 2.75) is 32.5 Å². The van der Waals surface area contributed by atoms with E-state index in [1.165, 1.54) is 20.8 Å².